The molecule has 1 aliphatic heterocycles. The van der Waals surface area contributed by atoms with E-state index >= 15 is 0 Å². The summed E-state index contributed by atoms with van der Waals surface area (Å²) >= 11 is 0. The molecule has 0 unspecified atom stereocenters. The summed E-state index contributed by atoms with van der Waals surface area (Å²) in [6.45, 7) is 2.79. The molecule has 0 saturated carbocycles. The molecule has 2 heterocycles. The highest BCUT2D eigenvalue weighted by atomic mass is 19.1. The summed E-state index contributed by atoms with van der Waals surface area (Å²) in [5, 5.41) is 2.91. The number of halogens is 2. The molecule has 1 aliphatic rings. The molecule has 0 radical (unpaired) electrons. The second-order valence-electron chi connectivity index (χ2n) is 8.80. The molecule has 7 nitrogen and oxygen atoms in total. The van der Waals surface area contributed by atoms with Crippen LogP contribution in [0.15, 0.2) is 77.4 Å². The van der Waals surface area contributed by atoms with Crippen molar-refractivity contribution >= 4 is 5.91 Å². The first-order chi connectivity index (χ1) is 17.9. The number of rotatable bonds is 9. The standard InChI is InChI=1S/C28H25F2N3O4/c1-18(20-5-3-2-4-6-20)31-28(34)24-16-35-27(32-24)15-33(14-21-8-9-22(29)12-23(21)30)13-19-7-10-25-26(11-19)37-17-36-25/h2-12,16,18H,13-15,17H2,1H3,(H,31,34)/t18-/m0/s1. The quantitative estimate of drug-likeness (QED) is 0.329. The fourth-order valence-electron chi connectivity index (χ4n) is 4.13. The van der Waals surface area contributed by atoms with E-state index in [1.165, 1.54) is 18.4 Å². The van der Waals surface area contributed by atoms with Crippen molar-refractivity contribution in [3.05, 3.63) is 113 Å². The van der Waals surface area contributed by atoms with Crippen LogP contribution in [0.5, 0.6) is 11.5 Å². The van der Waals surface area contributed by atoms with Gasteiger partial charge in [-0.3, -0.25) is 9.69 Å². The number of nitrogens with one attached hydrogen (secondary N) is 1. The van der Waals surface area contributed by atoms with Crippen molar-refractivity contribution in [2.45, 2.75) is 32.6 Å². The molecule has 0 saturated heterocycles. The molecule has 1 amide bonds. The third-order valence-corrected chi connectivity index (χ3v) is 6.04. The molecule has 1 atom stereocenters. The smallest absolute Gasteiger partial charge is 0.273 e. The van der Waals surface area contributed by atoms with Crippen LogP contribution < -0.4 is 14.8 Å². The second kappa shape index (κ2) is 10.8. The molecule has 190 valence electrons. The van der Waals surface area contributed by atoms with Crippen LogP contribution in [0, 0.1) is 11.6 Å². The fourth-order valence-corrected chi connectivity index (χ4v) is 4.13. The van der Waals surface area contributed by atoms with Crippen molar-refractivity contribution in [3.8, 4) is 11.5 Å². The van der Waals surface area contributed by atoms with Crippen molar-refractivity contribution in [3.63, 3.8) is 0 Å². The number of benzene rings is 3. The van der Waals surface area contributed by atoms with Crippen LogP contribution in [0.4, 0.5) is 8.78 Å². The number of nitrogens with zero attached hydrogens (tertiary/aromatic N) is 2. The van der Waals surface area contributed by atoms with Crippen LogP contribution in [0.25, 0.3) is 0 Å². The van der Waals surface area contributed by atoms with Gasteiger partial charge in [-0.2, -0.15) is 0 Å². The molecule has 3 aromatic carbocycles. The SMILES string of the molecule is C[C@H](NC(=O)c1coc(CN(Cc2ccc3c(c2)OCO3)Cc2ccc(F)cc2F)n1)c1ccccc1. The summed E-state index contributed by atoms with van der Waals surface area (Å²) in [6, 6.07) is 18.4. The topological polar surface area (TPSA) is 76.8 Å². The van der Waals surface area contributed by atoms with Crippen LogP contribution in [-0.4, -0.2) is 22.6 Å². The molecule has 0 spiro atoms. The predicted molar refractivity (Wildman–Crippen MR) is 131 cm³/mol. The van der Waals surface area contributed by atoms with E-state index in [-0.39, 0.29) is 37.5 Å². The van der Waals surface area contributed by atoms with Gasteiger partial charge in [0.15, 0.2) is 17.2 Å². The number of hydrogen-bond donors (Lipinski definition) is 1. The van der Waals surface area contributed by atoms with Gasteiger partial charge in [0.05, 0.1) is 12.6 Å². The van der Waals surface area contributed by atoms with Gasteiger partial charge in [-0.15, -0.1) is 0 Å². The van der Waals surface area contributed by atoms with Gasteiger partial charge in [0, 0.05) is 24.7 Å². The zero-order valence-electron chi connectivity index (χ0n) is 20.1. The number of ether oxygens (including phenoxy) is 2. The lowest BCUT2D eigenvalue weighted by molar-refractivity contribution is 0.0934. The molecule has 0 aliphatic carbocycles. The van der Waals surface area contributed by atoms with Crippen LogP contribution in [-0.2, 0) is 19.6 Å². The maximum Gasteiger partial charge on any atom is 0.273 e. The first-order valence-electron chi connectivity index (χ1n) is 11.8. The number of carbonyl (C=O) groups is 1. The number of fused-ring (bicyclic) bond motifs is 1. The molecular weight excluding hydrogens is 480 g/mol. The van der Waals surface area contributed by atoms with E-state index in [1.807, 2.05) is 60.4 Å². The highest BCUT2D eigenvalue weighted by Gasteiger charge is 2.20. The van der Waals surface area contributed by atoms with Crippen molar-refractivity contribution in [1.29, 1.82) is 0 Å². The number of hydrogen-bond acceptors (Lipinski definition) is 6. The van der Waals surface area contributed by atoms with Crippen molar-refractivity contribution in [1.82, 2.24) is 15.2 Å². The molecule has 1 aromatic heterocycles. The number of carbonyl (C=O) groups excluding carboxylic acids is 1. The average molecular weight is 506 g/mol. The summed E-state index contributed by atoms with van der Waals surface area (Å²) in [5.41, 5.74) is 2.33. The Morgan fingerprint density at radius 3 is 2.62 bits per heavy atom. The van der Waals surface area contributed by atoms with Gasteiger partial charge in [-0.25, -0.2) is 13.8 Å². The van der Waals surface area contributed by atoms with Gasteiger partial charge in [0.25, 0.3) is 5.91 Å². The molecule has 1 N–H and O–H groups in total. The summed E-state index contributed by atoms with van der Waals surface area (Å²) in [6.07, 6.45) is 1.31. The number of oxazole rings is 1. The molecule has 37 heavy (non-hydrogen) atoms. The van der Waals surface area contributed by atoms with Crippen LogP contribution >= 0.6 is 0 Å². The van der Waals surface area contributed by atoms with E-state index in [0.717, 1.165) is 17.2 Å². The maximum absolute atomic E-state index is 14.4. The van der Waals surface area contributed by atoms with Gasteiger partial charge in [0.1, 0.15) is 17.9 Å². The maximum atomic E-state index is 14.4. The first-order valence-corrected chi connectivity index (χ1v) is 11.8. The Kier molecular flexibility index (Phi) is 7.14. The van der Waals surface area contributed by atoms with E-state index in [2.05, 4.69) is 10.3 Å². The number of amides is 1. The van der Waals surface area contributed by atoms with E-state index in [9.17, 15) is 13.6 Å². The predicted octanol–water partition coefficient (Wildman–Crippen LogP) is 5.37. The summed E-state index contributed by atoms with van der Waals surface area (Å²) < 4.78 is 44.3. The third kappa shape index (κ3) is 5.95. The summed E-state index contributed by atoms with van der Waals surface area (Å²) in [4.78, 5) is 19.0. The zero-order valence-corrected chi connectivity index (χ0v) is 20.1. The monoisotopic (exact) mass is 505 g/mol. The molecular formula is C28H25F2N3O4. The second-order valence-corrected chi connectivity index (χ2v) is 8.80. The Balaban J connectivity index is 1.31. The van der Waals surface area contributed by atoms with Gasteiger partial charge in [-0.05, 0) is 36.2 Å². The van der Waals surface area contributed by atoms with Crippen LogP contribution in [0.1, 0.15) is 46.0 Å². The average Bonchev–Trinajstić information content (AvgIpc) is 3.55. The molecule has 5 rings (SSSR count). The van der Waals surface area contributed by atoms with Crippen molar-refractivity contribution in [2.24, 2.45) is 0 Å². The normalized spacial score (nSPS) is 13.1. The van der Waals surface area contributed by atoms with E-state index in [0.29, 0.717) is 29.5 Å². The number of aromatic nitrogens is 1. The van der Waals surface area contributed by atoms with E-state index < -0.39 is 11.6 Å². The lowest BCUT2D eigenvalue weighted by Gasteiger charge is -2.21. The Hall–Kier alpha value is -4.24. The molecule has 0 fully saturated rings. The molecule has 0 bridgehead atoms. The van der Waals surface area contributed by atoms with E-state index in [4.69, 9.17) is 13.9 Å². The summed E-state index contributed by atoms with van der Waals surface area (Å²) in [7, 11) is 0. The van der Waals surface area contributed by atoms with Crippen LogP contribution in [0.2, 0.25) is 0 Å². The van der Waals surface area contributed by atoms with E-state index in [1.54, 1.807) is 0 Å². The van der Waals surface area contributed by atoms with Gasteiger partial charge in [0.2, 0.25) is 12.7 Å². The molecule has 4 aromatic rings. The fraction of sp³-hybridized carbons (Fsp3) is 0.214. The molecule has 9 heteroatoms. The minimum atomic E-state index is -0.642. The zero-order chi connectivity index (χ0) is 25.8. The highest BCUT2D eigenvalue weighted by Crippen LogP contribution is 2.33. The highest BCUT2D eigenvalue weighted by molar-refractivity contribution is 5.92. The summed E-state index contributed by atoms with van der Waals surface area (Å²) in [5.74, 6) is -0.0604. The van der Waals surface area contributed by atoms with Gasteiger partial charge < -0.3 is 19.2 Å². The first kappa shape index (κ1) is 24.5. The van der Waals surface area contributed by atoms with Gasteiger partial charge >= 0.3 is 0 Å². The Labute approximate surface area is 212 Å². The van der Waals surface area contributed by atoms with Crippen molar-refractivity contribution in [2.75, 3.05) is 6.79 Å². The minimum Gasteiger partial charge on any atom is -0.454 e. The van der Waals surface area contributed by atoms with Gasteiger partial charge in [-0.1, -0.05) is 42.5 Å². The lowest BCUT2D eigenvalue weighted by atomic mass is 10.1. The third-order valence-electron chi connectivity index (χ3n) is 6.04. The Bertz CT molecular complexity index is 1390. The lowest BCUT2D eigenvalue weighted by Crippen LogP contribution is -2.27. The Morgan fingerprint density at radius 2 is 1.81 bits per heavy atom. The van der Waals surface area contributed by atoms with Crippen LogP contribution in [0.3, 0.4) is 0 Å². The minimum absolute atomic E-state index is 0.147. The Morgan fingerprint density at radius 1 is 1.00 bits per heavy atom. The largest absolute Gasteiger partial charge is 0.454 e. The van der Waals surface area contributed by atoms with Crippen molar-refractivity contribution < 1.29 is 27.5 Å².